The third-order valence-electron chi connectivity index (χ3n) is 7.35. The number of rotatable bonds is 6. The number of carbonyl (C=O) groups is 2. The number of hydrogen-bond acceptors (Lipinski definition) is 6. The molecule has 3 aromatic rings. The zero-order chi connectivity index (χ0) is 27.2. The highest BCUT2D eigenvalue weighted by Crippen LogP contribution is 2.56. The smallest absolute Gasteiger partial charge is 0.241 e. The summed E-state index contributed by atoms with van der Waals surface area (Å²) in [7, 11) is 2.96. The van der Waals surface area contributed by atoms with E-state index < -0.39 is 35.1 Å². The first-order chi connectivity index (χ1) is 18.3. The van der Waals surface area contributed by atoms with Crippen LogP contribution in [-0.2, 0) is 4.79 Å². The summed E-state index contributed by atoms with van der Waals surface area (Å²) in [6.07, 6.45) is 3.29. The Morgan fingerprint density at radius 2 is 1.76 bits per heavy atom. The fourth-order valence-electron chi connectivity index (χ4n) is 5.66. The van der Waals surface area contributed by atoms with E-state index in [1.54, 1.807) is 65.6 Å². The molecular formula is C29H23ClFN3O4. The van der Waals surface area contributed by atoms with E-state index in [2.05, 4.69) is 6.07 Å². The van der Waals surface area contributed by atoms with Crippen LogP contribution in [0.5, 0.6) is 11.5 Å². The lowest BCUT2D eigenvalue weighted by Gasteiger charge is -2.36. The van der Waals surface area contributed by atoms with E-state index in [-0.39, 0.29) is 5.78 Å². The lowest BCUT2D eigenvalue weighted by molar-refractivity contribution is -0.125. The van der Waals surface area contributed by atoms with Gasteiger partial charge in [0.1, 0.15) is 11.9 Å². The highest BCUT2D eigenvalue weighted by atomic mass is 35.5. The lowest BCUT2D eigenvalue weighted by Crippen LogP contribution is -2.49. The molecule has 7 nitrogen and oxygen atoms in total. The summed E-state index contributed by atoms with van der Waals surface area (Å²) < 4.78 is 25.0. The number of carbonyl (C=O) groups excluding carboxylic acids is 2. The number of ketones is 1. The minimum Gasteiger partial charge on any atom is -0.493 e. The molecule has 1 fully saturated rings. The Morgan fingerprint density at radius 1 is 1.05 bits per heavy atom. The Hall–Kier alpha value is -4.35. The molecule has 2 heterocycles. The number of amides is 1. The van der Waals surface area contributed by atoms with Gasteiger partial charge in [0, 0.05) is 27.8 Å². The second-order valence-corrected chi connectivity index (χ2v) is 9.60. The van der Waals surface area contributed by atoms with Crippen molar-refractivity contribution in [1.82, 2.24) is 0 Å². The molecule has 3 aromatic carbocycles. The average Bonchev–Trinajstić information content (AvgIpc) is 3.24. The number of nitrogens with two attached hydrogens (primary N) is 1. The maximum absolute atomic E-state index is 14.3. The highest BCUT2D eigenvalue weighted by Gasteiger charge is 2.66. The number of anilines is 1. The summed E-state index contributed by atoms with van der Waals surface area (Å²) in [6.45, 7) is 0. The molecule has 1 saturated heterocycles. The second-order valence-electron chi connectivity index (χ2n) is 9.17. The Morgan fingerprint density at radius 3 is 2.39 bits per heavy atom. The van der Waals surface area contributed by atoms with Crippen LogP contribution >= 0.6 is 11.6 Å². The third-order valence-corrected chi connectivity index (χ3v) is 7.61. The van der Waals surface area contributed by atoms with Gasteiger partial charge in [-0.3, -0.25) is 9.59 Å². The Balaban J connectivity index is 1.81. The van der Waals surface area contributed by atoms with Crippen molar-refractivity contribution in [2.24, 2.45) is 11.1 Å². The van der Waals surface area contributed by atoms with Gasteiger partial charge in [-0.15, -0.1) is 0 Å². The van der Waals surface area contributed by atoms with E-state index in [1.165, 1.54) is 26.4 Å². The zero-order valence-electron chi connectivity index (χ0n) is 20.5. The topological polar surface area (TPSA) is 106 Å². The third kappa shape index (κ3) is 3.70. The molecule has 0 radical (unpaired) electrons. The van der Waals surface area contributed by atoms with Crippen LogP contribution in [0.15, 0.2) is 66.7 Å². The molecule has 9 heteroatoms. The number of methoxy groups -OCH3 is 2. The van der Waals surface area contributed by atoms with Gasteiger partial charge in [-0.2, -0.15) is 5.26 Å². The number of Topliss-reactive ketones (excluding diaryl/α,β-unsaturated/α-hetero) is 1. The molecule has 2 aliphatic rings. The first kappa shape index (κ1) is 25.3. The number of hydrogen-bond donors (Lipinski definition) is 1. The van der Waals surface area contributed by atoms with Crippen LogP contribution < -0.4 is 20.1 Å². The van der Waals surface area contributed by atoms with E-state index >= 15 is 0 Å². The van der Waals surface area contributed by atoms with Gasteiger partial charge in [-0.05, 0) is 60.2 Å². The quantitative estimate of drug-likeness (QED) is 0.460. The van der Waals surface area contributed by atoms with Crippen LogP contribution in [0.25, 0.3) is 6.08 Å². The van der Waals surface area contributed by atoms with Gasteiger partial charge in [-0.25, -0.2) is 4.39 Å². The molecule has 0 aromatic heterocycles. The van der Waals surface area contributed by atoms with E-state index in [1.807, 2.05) is 0 Å². The average molecular weight is 532 g/mol. The highest BCUT2D eigenvalue weighted by molar-refractivity contribution is 6.30. The minimum absolute atomic E-state index is 0.333. The molecule has 0 aliphatic carbocycles. The number of benzene rings is 3. The van der Waals surface area contributed by atoms with E-state index in [9.17, 15) is 19.2 Å². The van der Waals surface area contributed by atoms with Crippen LogP contribution in [0.1, 0.15) is 27.4 Å². The number of ether oxygens (including phenoxy) is 2. The normalized spacial score (nSPS) is 23.2. The largest absolute Gasteiger partial charge is 0.493 e. The fourth-order valence-corrected chi connectivity index (χ4v) is 5.79. The molecule has 5 rings (SSSR count). The number of nitriles is 1. The molecule has 0 bridgehead atoms. The van der Waals surface area contributed by atoms with Crippen molar-refractivity contribution in [2.75, 3.05) is 19.1 Å². The van der Waals surface area contributed by atoms with E-state index in [0.29, 0.717) is 38.9 Å². The fraction of sp³-hybridized carbons (Fsp3) is 0.207. The molecule has 2 N–H and O–H groups in total. The minimum atomic E-state index is -1.85. The van der Waals surface area contributed by atoms with E-state index in [4.69, 9.17) is 26.8 Å². The summed E-state index contributed by atoms with van der Waals surface area (Å²) >= 11 is 6.07. The van der Waals surface area contributed by atoms with Crippen LogP contribution in [0.3, 0.4) is 0 Å². The van der Waals surface area contributed by atoms with Crippen molar-refractivity contribution < 1.29 is 23.5 Å². The SMILES string of the molecule is COc1ccc([C@H]2[C@@H](C(=O)c3ccc(Cl)cc3)N3c4ccc(F)cc4C=C[C@@H]3[C@@]2(C#N)C(N)=O)cc1OC. The molecular weight excluding hydrogens is 509 g/mol. The number of halogens is 2. The predicted octanol–water partition coefficient (Wildman–Crippen LogP) is 4.74. The number of fused-ring (bicyclic) bond motifs is 3. The van der Waals surface area contributed by atoms with Gasteiger partial charge in [0.25, 0.3) is 0 Å². The molecule has 4 atom stereocenters. The Bertz CT molecular complexity index is 1520. The molecule has 0 unspecified atom stereocenters. The van der Waals surface area contributed by atoms with Crippen molar-refractivity contribution in [2.45, 2.75) is 18.0 Å². The van der Waals surface area contributed by atoms with Gasteiger partial charge < -0.3 is 20.1 Å². The van der Waals surface area contributed by atoms with Crippen molar-refractivity contribution in [3.63, 3.8) is 0 Å². The van der Waals surface area contributed by atoms with Crippen LogP contribution in [0, 0.1) is 22.6 Å². The van der Waals surface area contributed by atoms with E-state index in [0.717, 1.165) is 0 Å². The summed E-state index contributed by atoms with van der Waals surface area (Å²) in [5.41, 5.74) is 5.99. The first-order valence-corrected chi connectivity index (χ1v) is 12.1. The van der Waals surface area contributed by atoms with Gasteiger partial charge >= 0.3 is 0 Å². The monoisotopic (exact) mass is 531 g/mol. The summed E-state index contributed by atoms with van der Waals surface area (Å²) in [6, 6.07) is 15.8. The molecule has 1 amide bonds. The first-order valence-electron chi connectivity index (χ1n) is 11.8. The van der Waals surface area contributed by atoms with Crippen LogP contribution in [0.4, 0.5) is 10.1 Å². The van der Waals surface area contributed by atoms with Crippen molar-refractivity contribution in [3.8, 4) is 17.6 Å². The van der Waals surface area contributed by atoms with Gasteiger partial charge in [0.05, 0.1) is 26.3 Å². The maximum atomic E-state index is 14.3. The van der Waals surface area contributed by atoms with Crippen molar-refractivity contribution >= 4 is 35.1 Å². The Kier molecular flexibility index (Phi) is 6.33. The standard InChI is InChI=1S/C29H23ClFN3O4/c1-37-22-11-5-18(14-23(22)38-2)25-26(27(35)16-3-7-19(30)8-4-16)34-21-10-9-20(31)13-17(21)6-12-24(34)29(25,15-32)28(33)36/h3-14,24-26H,1-2H3,(H2,33,36)/t24-,25+,26+,29-/m1/s1. The molecule has 0 spiro atoms. The van der Waals surface area contributed by atoms with Gasteiger partial charge in [-0.1, -0.05) is 29.8 Å². The maximum Gasteiger partial charge on any atom is 0.241 e. The predicted molar refractivity (Wildman–Crippen MR) is 141 cm³/mol. The molecule has 38 heavy (non-hydrogen) atoms. The van der Waals surface area contributed by atoms with Gasteiger partial charge in [0.15, 0.2) is 22.7 Å². The number of primary amides is 1. The number of nitrogens with zero attached hydrogens (tertiary/aromatic N) is 2. The van der Waals surface area contributed by atoms with Crippen molar-refractivity contribution in [1.29, 1.82) is 5.26 Å². The van der Waals surface area contributed by atoms with Crippen molar-refractivity contribution in [3.05, 3.63) is 94.3 Å². The molecule has 2 aliphatic heterocycles. The summed E-state index contributed by atoms with van der Waals surface area (Å²) in [4.78, 5) is 29.3. The van der Waals surface area contributed by atoms with Gasteiger partial charge in [0.2, 0.25) is 5.91 Å². The zero-order valence-corrected chi connectivity index (χ0v) is 21.3. The summed E-state index contributed by atoms with van der Waals surface area (Å²) in [5, 5.41) is 11.1. The second kappa shape index (κ2) is 9.51. The lowest BCUT2D eigenvalue weighted by atomic mass is 9.67. The van der Waals surface area contributed by atoms with Crippen LogP contribution in [0.2, 0.25) is 5.02 Å². The molecule has 192 valence electrons. The molecule has 0 saturated carbocycles. The van der Waals surface area contributed by atoms with Crippen LogP contribution in [-0.4, -0.2) is 38.0 Å². The summed E-state index contributed by atoms with van der Waals surface area (Å²) in [5.74, 6) is -1.90. The Labute approximate surface area is 223 Å².